The Morgan fingerprint density at radius 2 is 1.78 bits per heavy atom. The maximum Gasteiger partial charge on any atom is 0.246 e. The molecule has 3 atom stereocenters. The fourth-order valence-electron chi connectivity index (χ4n) is 3.67. The van der Waals surface area contributed by atoms with Crippen molar-refractivity contribution in [2.75, 3.05) is 13.6 Å². The first-order valence-corrected chi connectivity index (χ1v) is 10.3. The van der Waals surface area contributed by atoms with Crippen molar-refractivity contribution in [1.29, 1.82) is 0 Å². The lowest BCUT2D eigenvalue weighted by Crippen LogP contribution is -2.56. The molecular weight excluding hydrogens is 418 g/mol. The van der Waals surface area contributed by atoms with Gasteiger partial charge in [0, 0.05) is 26.9 Å². The molecule has 0 saturated carbocycles. The van der Waals surface area contributed by atoms with E-state index in [2.05, 4.69) is 16.0 Å². The van der Waals surface area contributed by atoms with Crippen LogP contribution in [0.3, 0.4) is 0 Å². The summed E-state index contributed by atoms with van der Waals surface area (Å²) >= 11 is 0. The molecule has 1 aliphatic rings. The number of carbonyl (C=O) groups is 5. The highest BCUT2D eigenvalue weighted by Gasteiger charge is 2.38. The van der Waals surface area contributed by atoms with Crippen molar-refractivity contribution in [3.8, 4) is 5.75 Å². The number of nitrogens with one attached hydrogen (secondary N) is 3. The zero-order valence-corrected chi connectivity index (χ0v) is 18.1. The minimum absolute atomic E-state index is 0.0778. The zero-order valence-electron chi connectivity index (χ0n) is 18.1. The molecule has 174 valence electrons. The minimum atomic E-state index is -1.15. The first-order chi connectivity index (χ1) is 15.1. The predicted molar refractivity (Wildman–Crippen MR) is 114 cm³/mol. The molecule has 1 aromatic carbocycles. The predicted octanol–water partition coefficient (Wildman–Crippen LogP) is -1.46. The van der Waals surface area contributed by atoms with E-state index < -0.39 is 47.7 Å². The molecule has 6 N–H and O–H groups in total. The molecule has 5 amide bonds. The number of amides is 5. The summed E-state index contributed by atoms with van der Waals surface area (Å²) in [5.41, 5.74) is 5.89. The molecule has 1 fully saturated rings. The largest absolute Gasteiger partial charge is 0.508 e. The Kier molecular flexibility index (Phi) is 8.56. The molecule has 0 aliphatic carbocycles. The molecule has 0 radical (unpaired) electrons. The number of likely N-dealkylation sites (tertiary alicyclic amines) is 1. The lowest BCUT2D eigenvalue weighted by molar-refractivity contribution is -0.142. The van der Waals surface area contributed by atoms with Crippen LogP contribution < -0.4 is 21.7 Å². The van der Waals surface area contributed by atoms with Crippen LogP contribution in [0.15, 0.2) is 24.3 Å². The van der Waals surface area contributed by atoms with Gasteiger partial charge in [-0.2, -0.15) is 0 Å². The molecule has 11 nitrogen and oxygen atoms in total. The van der Waals surface area contributed by atoms with Crippen LogP contribution >= 0.6 is 0 Å². The molecule has 0 unspecified atom stereocenters. The highest BCUT2D eigenvalue weighted by molar-refractivity contribution is 5.96. The summed E-state index contributed by atoms with van der Waals surface area (Å²) in [5.74, 6) is -2.65. The van der Waals surface area contributed by atoms with Crippen LogP contribution in [0.2, 0.25) is 0 Å². The van der Waals surface area contributed by atoms with Gasteiger partial charge in [-0.25, -0.2) is 0 Å². The molecular formula is C21H29N5O6. The third kappa shape index (κ3) is 6.69. The van der Waals surface area contributed by atoms with Crippen molar-refractivity contribution in [2.24, 2.45) is 5.73 Å². The Morgan fingerprint density at radius 1 is 1.12 bits per heavy atom. The van der Waals surface area contributed by atoms with E-state index in [4.69, 9.17) is 5.73 Å². The van der Waals surface area contributed by atoms with Crippen molar-refractivity contribution in [3.05, 3.63) is 29.8 Å². The number of primary amides is 1. The Balaban J connectivity index is 2.16. The number of aromatic hydroxyl groups is 1. The van der Waals surface area contributed by atoms with Gasteiger partial charge in [0.1, 0.15) is 23.9 Å². The van der Waals surface area contributed by atoms with Crippen molar-refractivity contribution in [2.45, 2.75) is 50.7 Å². The number of hydrogen-bond donors (Lipinski definition) is 5. The van der Waals surface area contributed by atoms with Gasteiger partial charge in [0.25, 0.3) is 0 Å². The number of hydrogen-bond acceptors (Lipinski definition) is 6. The molecule has 2 rings (SSSR count). The van der Waals surface area contributed by atoms with Gasteiger partial charge < -0.3 is 31.7 Å². The molecule has 0 aromatic heterocycles. The summed E-state index contributed by atoms with van der Waals surface area (Å²) in [6.07, 6.45) is 0.740. The number of nitrogens with zero attached hydrogens (tertiary/aromatic N) is 1. The van der Waals surface area contributed by atoms with Crippen LogP contribution in [0.25, 0.3) is 0 Å². The molecule has 0 spiro atoms. The van der Waals surface area contributed by atoms with Crippen LogP contribution in [0.1, 0.15) is 31.7 Å². The highest BCUT2D eigenvalue weighted by Crippen LogP contribution is 2.20. The van der Waals surface area contributed by atoms with Crippen LogP contribution in [0.5, 0.6) is 5.75 Å². The van der Waals surface area contributed by atoms with Gasteiger partial charge in [0.15, 0.2) is 0 Å². The summed E-state index contributed by atoms with van der Waals surface area (Å²) in [6.45, 7) is 1.60. The minimum Gasteiger partial charge on any atom is -0.508 e. The lowest BCUT2D eigenvalue weighted by atomic mass is 10.0. The average Bonchev–Trinajstić information content (AvgIpc) is 3.22. The van der Waals surface area contributed by atoms with Gasteiger partial charge in [-0.05, 0) is 30.5 Å². The van der Waals surface area contributed by atoms with E-state index in [1.807, 2.05) is 0 Å². The quantitative estimate of drug-likeness (QED) is 0.309. The second-order valence-electron chi connectivity index (χ2n) is 7.66. The number of nitrogens with two attached hydrogens (primary N) is 1. The second kappa shape index (κ2) is 11.1. The SMILES string of the molecule is CNC(=O)[C@H](CC(N)=O)NC(=O)[C@@H]1CCCN1C(=O)[C@H](Cc1ccc(O)cc1)NC(C)=O. The van der Waals surface area contributed by atoms with Crippen molar-refractivity contribution in [1.82, 2.24) is 20.9 Å². The fraction of sp³-hybridized carbons (Fsp3) is 0.476. The van der Waals surface area contributed by atoms with Crippen LogP contribution in [-0.2, 0) is 30.4 Å². The summed E-state index contributed by atoms with van der Waals surface area (Å²) in [4.78, 5) is 62.4. The summed E-state index contributed by atoms with van der Waals surface area (Å²) in [7, 11) is 1.37. The van der Waals surface area contributed by atoms with E-state index in [0.717, 1.165) is 5.56 Å². The monoisotopic (exact) mass is 447 g/mol. The van der Waals surface area contributed by atoms with E-state index >= 15 is 0 Å². The first-order valence-electron chi connectivity index (χ1n) is 10.3. The number of rotatable bonds is 9. The standard InChI is InChI=1S/C21H29N5O6/c1-12(27)24-16(10-13-5-7-14(28)8-6-13)21(32)26-9-3-4-17(26)20(31)25-15(11-18(22)29)19(30)23-2/h5-8,15-17,28H,3-4,9-11H2,1-2H3,(H2,22,29)(H,23,30)(H,24,27)(H,25,31)/t15-,16-,17-/m0/s1. The van der Waals surface area contributed by atoms with Crippen LogP contribution in [0.4, 0.5) is 0 Å². The van der Waals surface area contributed by atoms with Crippen molar-refractivity contribution < 1.29 is 29.1 Å². The normalized spacial score (nSPS) is 17.2. The van der Waals surface area contributed by atoms with E-state index in [9.17, 15) is 29.1 Å². The number of carbonyl (C=O) groups excluding carboxylic acids is 5. The third-order valence-electron chi connectivity index (χ3n) is 5.17. The van der Waals surface area contributed by atoms with E-state index in [0.29, 0.717) is 19.4 Å². The van der Waals surface area contributed by atoms with Crippen LogP contribution in [-0.4, -0.2) is 71.3 Å². The van der Waals surface area contributed by atoms with E-state index in [-0.39, 0.29) is 18.6 Å². The molecule has 1 aliphatic heterocycles. The molecule has 32 heavy (non-hydrogen) atoms. The van der Waals surface area contributed by atoms with Gasteiger partial charge in [0.2, 0.25) is 29.5 Å². The summed E-state index contributed by atoms with van der Waals surface area (Å²) in [6, 6.07) is 3.34. The number of likely N-dealkylation sites (N-methyl/N-ethyl adjacent to an activating group) is 1. The smallest absolute Gasteiger partial charge is 0.246 e. The van der Waals surface area contributed by atoms with E-state index in [1.54, 1.807) is 12.1 Å². The Labute approximate surface area is 185 Å². The molecule has 1 aromatic rings. The number of benzene rings is 1. The summed E-state index contributed by atoms with van der Waals surface area (Å²) in [5, 5.41) is 16.9. The van der Waals surface area contributed by atoms with Crippen molar-refractivity contribution >= 4 is 29.5 Å². The summed E-state index contributed by atoms with van der Waals surface area (Å²) < 4.78 is 0. The third-order valence-corrected chi connectivity index (χ3v) is 5.17. The Bertz CT molecular complexity index is 872. The molecule has 1 heterocycles. The van der Waals surface area contributed by atoms with Gasteiger partial charge in [-0.3, -0.25) is 24.0 Å². The number of phenols is 1. The molecule has 1 saturated heterocycles. The Morgan fingerprint density at radius 3 is 2.34 bits per heavy atom. The zero-order chi connectivity index (χ0) is 23.8. The maximum absolute atomic E-state index is 13.2. The van der Waals surface area contributed by atoms with Gasteiger partial charge in [0.05, 0.1) is 6.42 Å². The second-order valence-corrected chi connectivity index (χ2v) is 7.66. The molecule has 11 heteroatoms. The molecule has 0 bridgehead atoms. The maximum atomic E-state index is 13.2. The van der Waals surface area contributed by atoms with Crippen molar-refractivity contribution in [3.63, 3.8) is 0 Å². The lowest BCUT2D eigenvalue weighted by Gasteiger charge is -2.29. The highest BCUT2D eigenvalue weighted by atomic mass is 16.3. The number of phenolic OH excluding ortho intramolecular Hbond substituents is 1. The first kappa shape index (κ1) is 24.6. The van der Waals surface area contributed by atoms with E-state index in [1.165, 1.54) is 31.0 Å². The van der Waals surface area contributed by atoms with Crippen LogP contribution in [0, 0.1) is 0 Å². The topological polar surface area (TPSA) is 171 Å². The Hall–Kier alpha value is -3.63. The fourth-order valence-corrected chi connectivity index (χ4v) is 3.67. The van der Waals surface area contributed by atoms with Gasteiger partial charge >= 0.3 is 0 Å². The average molecular weight is 447 g/mol. The van der Waals surface area contributed by atoms with Gasteiger partial charge in [-0.1, -0.05) is 12.1 Å². The van der Waals surface area contributed by atoms with Gasteiger partial charge in [-0.15, -0.1) is 0 Å².